The van der Waals surface area contributed by atoms with Crippen molar-refractivity contribution >= 4 is 33.9 Å². The summed E-state index contributed by atoms with van der Waals surface area (Å²) < 4.78 is 0. The molecular formula is C24H23ClN3O3S-. The Hall–Kier alpha value is -3.00. The van der Waals surface area contributed by atoms with E-state index in [0.29, 0.717) is 27.3 Å². The summed E-state index contributed by atoms with van der Waals surface area (Å²) in [7, 11) is 0. The quantitative estimate of drug-likeness (QED) is 0.521. The van der Waals surface area contributed by atoms with Crippen LogP contribution in [0.4, 0.5) is 5.00 Å². The lowest BCUT2D eigenvalue weighted by molar-refractivity contribution is -0.0000290. The lowest BCUT2D eigenvalue weighted by atomic mass is 10.0. The molecule has 4 rings (SSSR count). The van der Waals surface area contributed by atoms with Crippen LogP contribution in [0.15, 0.2) is 54.6 Å². The highest BCUT2D eigenvalue weighted by Crippen LogP contribution is 2.37. The van der Waals surface area contributed by atoms with E-state index in [2.05, 4.69) is 17.1 Å². The van der Waals surface area contributed by atoms with E-state index >= 15 is 0 Å². The molecule has 8 heteroatoms. The minimum Gasteiger partial charge on any atom is -1.00 e. The van der Waals surface area contributed by atoms with Crippen LogP contribution in [0.1, 0.15) is 54.0 Å². The van der Waals surface area contributed by atoms with Crippen LogP contribution in [0.5, 0.6) is 0 Å². The molecule has 0 aliphatic carbocycles. The van der Waals surface area contributed by atoms with Gasteiger partial charge in [0.15, 0.2) is 5.78 Å². The molecule has 2 heterocycles. The Morgan fingerprint density at radius 1 is 1.00 bits per heavy atom. The second-order valence-electron chi connectivity index (χ2n) is 7.42. The highest BCUT2D eigenvalue weighted by molar-refractivity contribution is 7.17. The summed E-state index contributed by atoms with van der Waals surface area (Å²) >= 11 is 1.41. The number of nitrogens with zero attached hydrogens (tertiary/aromatic N) is 1. The van der Waals surface area contributed by atoms with Crippen molar-refractivity contribution in [2.75, 3.05) is 18.4 Å². The van der Waals surface area contributed by atoms with Crippen molar-refractivity contribution in [2.45, 2.75) is 19.9 Å². The molecule has 0 saturated heterocycles. The SMILES string of the molecule is CCN1CCc2c(sc(NC(=O)c3ccc(C(=O)c4ccccc4)cc3)c2C(N)=O)C1.[Cl-]. The van der Waals surface area contributed by atoms with Crippen molar-refractivity contribution in [1.82, 2.24) is 4.90 Å². The predicted octanol–water partition coefficient (Wildman–Crippen LogP) is 0.712. The van der Waals surface area contributed by atoms with E-state index in [9.17, 15) is 14.4 Å². The molecule has 1 aromatic heterocycles. The Morgan fingerprint density at radius 2 is 1.62 bits per heavy atom. The maximum Gasteiger partial charge on any atom is 0.256 e. The van der Waals surface area contributed by atoms with Crippen LogP contribution in [-0.4, -0.2) is 35.6 Å². The van der Waals surface area contributed by atoms with Gasteiger partial charge in [-0.2, -0.15) is 0 Å². The molecule has 1 aliphatic heterocycles. The van der Waals surface area contributed by atoms with E-state index < -0.39 is 5.91 Å². The summed E-state index contributed by atoms with van der Waals surface area (Å²) in [4.78, 5) is 40.8. The van der Waals surface area contributed by atoms with Gasteiger partial charge in [-0.05, 0) is 30.7 Å². The van der Waals surface area contributed by atoms with Gasteiger partial charge in [-0.15, -0.1) is 11.3 Å². The number of likely N-dealkylation sites (N-methyl/N-ethyl adjacent to an activating group) is 1. The molecule has 2 aromatic carbocycles. The van der Waals surface area contributed by atoms with Crippen LogP contribution in [-0.2, 0) is 13.0 Å². The zero-order valence-electron chi connectivity index (χ0n) is 17.6. The van der Waals surface area contributed by atoms with Crippen molar-refractivity contribution < 1.29 is 26.8 Å². The van der Waals surface area contributed by atoms with E-state index in [-0.39, 0.29) is 24.1 Å². The molecule has 32 heavy (non-hydrogen) atoms. The zero-order valence-corrected chi connectivity index (χ0v) is 19.1. The largest absolute Gasteiger partial charge is 1.00 e. The molecule has 0 atom stereocenters. The Morgan fingerprint density at radius 3 is 2.25 bits per heavy atom. The average molecular weight is 469 g/mol. The number of thiophene rings is 1. The summed E-state index contributed by atoms with van der Waals surface area (Å²) in [6.45, 7) is 4.65. The van der Waals surface area contributed by atoms with Gasteiger partial charge < -0.3 is 23.5 Å². The third-order valence-electron chi connectivity index (χ3n) is 5.50. The number of ketones is 1. The molecule has 0 unspecified atom stereocenters. The Balaban J connectivity index is 0.00000289. The molecule has 3 N–H and O–H groups in total. The predicted molar refractivity (Wildman–Crippen MR) is 122 cm³/mol. The Labute approximate surface area is 196 Å². The fourth-order valence-electron chi connectivity index (χ4n) is 3.78. The number of benzene rings is 2. The van der Waals surface area contributed by atoms with Crippen LogP contribution in [0.3, 0.4) is 0 Å². The standard InChI is InChI=1S/C24H23N3O3S.ClH/c1-2-27-13-12-18-19(14-27)31-24(20(18)22(25)29)26-23(30)17-10-8-16(9-11-17)21(28)15-6-4-3-5-7-15;/h3-11H,2,12-14H2,1H3,(H2,25,29)(H,26,30);1H/p-1. The van der Waals surface area contributed by atoms with Crippen LogP contribution >= 0.6 is 11.3 Å². The smallest absolute Gasteiger partial charge is 0.256 e. The van der Waals surface area contributed by atoms with Gasteiger partial charge in [-0.3, -0.25) is 19.3 Å². The molecule has 0 saturated carbocycles. The number of halogens is 1. The molecule has 2 amide bonds. The molecule has 0 bridgehead atoms. The number of anilines is 1. The third-order valence-corrected chi connectivity index (χ3v) is 6.63. The molecule has 3 aromatic rings. The number of primary amides is 1. The number of amides is 2. The molecule has 0 radical (unpaired) electrons. The number of carbonyl (C=O) groups excluding carboxylic acids is 3. The van der Waals surface area contributed by atoms with E-state index in [1.54, 1.807) is 36.4 Å². The first kappa shape index (κ1) is 23.7. The first-order valence-corrected chi connectivity index (χ1v) is 11.0. The molecule has 0 spiro atoms. The third kappa shape index (κ3) is 4.75. The summed E-state index contributed by atoms with van der Waals surface area (Å²) in [6.07, 6.45) is 0.740. The van der Waals surface area contributed by atoms with E-state index in [0.717, 1.165) is 36.5 Å². The van der Waals surface area contributed by atoms with Crippen molar-refractivity contribution in [1.29, 1.82) is 0 Å². The number of nitrogens with two attached hydrogens (primary N) is 1. The minimum absolute atomic E-state index is 0. The molecular weight excluding hydrogens is 446 g/mol. The van der Waals surface area contributed by atoms with Crippen LogP contribution in [0.25, 0.3) is 0 Å². The van der Waals surface area contributed by atoms with Crippen molar-refractivity contribution in [2.24, 2.45) is 5.73 Å². The van der Waals surface area contributed by atoms with Gasteiger partial charge >= 0.3 is 0 Å². The highest BCUT2D eigenvalue weighted by Gasteiger charge is 2.27. The normalized spacial score (nSPS) is 13.0. The maximum atomic E-state index is 12.8. The van der Waals surface area contributed by atoms with Crippen LogP contribution in [0, 0.1) is 0 Å². The number of fused-ring (bicyclic) bond motifs is 1. The van der Waals surface area contributed by atoms with Gasteiger partial charge in [0.2, 0.25) is 0 Å². The van der Waals surface area contributed by atoms with E-state index in [1.807, 2.05) is 18.2 Å². The van der Waals surface area contributed by atoms with Gasteiger partial charge in [-0.1, -0.05) is 49.4 Å². The summed E-state index contributed by atoms with van der Waals surface area (Å²) in [5.74, 6) is -0.969. The van der Waals surface area contributed by atoms with Crippen molar-refractivity contribution in [3.8, 4) is 0 Å². The first-order chi connectivity index (χ1) is 15.0. The maximum absolute atomic E-state index is 12.8. The van der Waals surface area contributed by atoms with Crippen molar-refractivity contribution in [3.63, 3.8) is 0 Å². The summed E-state index contributed by atoms with van der Waals surface area (Å²) in [5, 5.41) is 3.34. The fraction of sp³-hybridized carbons (Fsp3) is 0.208. The molecule has 6 nitrogen and oxygen atoms in total. The monoisotopic (exact) mass is 468 g/mol. The van der Waals surface area contributed by atoms with E-state index in [4.69, 9.17) is 5.73 Å². The van der Waals surface area contributed by atoms with Gasteiger partial charge in [-0.25, -0.2) is 0 Å². The second-order valence-corrected chi connectivity index (χ2v) is 8.52. The topological polar surface area (TPSA) is 92.5 Å². The average Bonchev–Trinajstić information content (AvgIpc) is 3.16. The van der Waals surface area contributed by atoms with E-state index in [1.165, 1.54) is 11.3 Å². The number of rotatable bonds is 6. The minimum atomic E-state index is -0.526. The van der Waals surface area contributed by atoms with Gasteiger partial charge in [0.05, 0.1) is 5.56 Å². The molecule has 1 aliphatic rings. The van der Waals surface area contributed by atoms with Gasteiger partial charge in [0.1, 0.15) is 5.00 Å². The van der Waals surface area contributed by atoms with Crippen molar-refractivity contribution in [3.05, 3.63) is 87.3 Å². The highest BCUT2D eigenvalue weighted by atomic mass is 35.5. The Bertz CT molecular complexity index is 1140. The fourth-order valence-corrected chi connectivity index (χ4v) is 5.07. The number of hydrogen-bond acceptors (Lipinski definition) is 5. The van der Waals surface area contributed by atoms with Gasteiger partial charge in [0.25, 0.3) is 11.8 Å². The lowest BCUT2D eigenvalue weighted by Crippen LogP contribution is -3.00. The first-order valence-electron chi connectivity index (χ1n) is 10.2. The number of carbonyl (C=O) groups is 3. The van der Waals surface area contributed by atoms with Gasteiger partial charge in [0, 0.05) is 34.7 Å². The molecule has 166 valence electrons. The number of hydrogen-bond donors (Lipinski definition) is 2. The van der Waals surface area contributed by atoms with Crippen LogP contribution in [0.2, 0.25) is 0 Å². The second kappa shape index (κ2) is 10.1. The number of nitrogens with one attached hydrogen (secondary N) is 1. The lowest BCUT2D eigenvalue weighted by Gasteiger charge is -2.25. The van der Waals surface area contributed by atoms with Crippen LogP contribution < -0.4 is 23.5 Å². The summed E-state index contributed by atoms with van der Waals surface area (Å²) in [6, 6.07) is 15.5. The molecule has 0 fully saturated rings. The Kier molecular flexibility index (Phi) is 7.45. The zero-order chi connectivity index (χ0) is 22.0. The summed E-state index contributed by atoms with van der Waals surface area (Å²) in [5.41, 5.74) is 8.50.